The summed E-state index contributed by atoms with van der Waals surface area (Å²) in [5.41, 5.74) is 2.64. The molecule has 2 heterocycles. The van der Waals surface area contributed by atoms with E-state index in [-0.39, 0.29) is 11.9 Å². The summed E-state index contributed by atoms with van der Waals surface area (Å²) >= 11 is 1.62. The van der Waals surface area contributed by atoms with Crippen LogP contribution in [0.4, 0.5) is 0 Å². The molecule has 0 radical (unpaired) electrons. The fourth-order valence-corrected chi connectivity index (χ4v) is 5.14. The van der Waals surface area contributed by atoms with Gasteiger partial charge in [0.25, 0.3) is 5.91 Å². The summed E-state index contributed by atoms with van der Waals surface area (Å²) in [7, 11) is 7.86. The number of amides is 1. The Hall–Kier alpha value is -3.39. The molecule has 0 saturated heterocycles. The van der Waals surface area contributed by atoms with Crippen LogP contribution in [0.1, 0.15) is 32.4 Å². The van der Waals surface area contributed by atoms with Crippen LogP contribution in [0.5, 0.6) is 28.7 Å². The summed E-state index contributed by atoms with van der Waals surface area (Å²) in [4.78, 5) is 16.8. The lowest BCUT2D eigenvalue weighted by atomic mass is 9.90. The summed E-state index contributed by atoms with van der Waals surface area (Å²) < 4.78 is 27.4. The molecule has 1 unspecified atom stereocenters. The van der Waals surface area contributed by atoms with Crippen molar-refractivity contribution in [1.82, 2.24) is 4.90 Å². The molecule has 0 saturated carbocycles. The first kappa shape index (κ1) is 22.8. The number of fused-ring (bicyclic) bond motifs is 1. The molecule has 1 amide bonds. The predicted molar refractivity (Wildman–Crippen MR) is 127 cm³/mol. The number of methoxy groups -OCH3 is 5. The highest BCUT2D eigenvalue weighted by atomic mass is 32.1. The first-order valence-electron chi connectivity index (χ1n) is 10.4. The summed E-state index contributed by atoms with van der Waals surface area (Å²) in [6.45, 7) is 0.556. The molecule has 4 rings (SSSR count). The van der Waals surface area contributed by atoms with E-state index in [0.717, 1.165) is 16.0 Å². The highest BCUT2D eigenvalue weighted by Crippen LogP contribution is 2.44. The van der Waals surface area contributed by atoms with E-state index in [0.29, 0.717) is 47.3 Å². The highest BCUT2D eigenvalue weighted by molar-refractivity contribution is 7.10. The van der Waals surface area contributed by atoms with E-state index < -0.39 is 0 Å². The Morgan fingerprint density at radius 2 is 1.52 bits per heavy atom. The van der Waals surface area contributed by atoms with Gasteiger partial charge in [0.2, 0.25) is 5.75 Å². The molecular formula is C25H27NO6S. The molecule has 0 fully saturated rings. The van der Waals surface area contributed by atoms with E-state index in [1.165, 1.54) is 21.3 Å². The standard InChI is InChI=1S/C25H27NO6S/c1-28-18-11-15-8-9-26(23(22-7-6-10-33-22)17(15)14-19(18)29-2)25(27)16-12-20(30-3)24(32-5)21(13-16)31-4/h6-7,10-14,23H,8-9H2,1-5H3. The second kappa shape index (κ2) is 9.62. The van der Waals surface area contributed by atoms with E-state index >= 15 is 0 Å². The summed E-state index contributed by atoms with van der Waals surface area (Å²) in [6.07, 6.45) is 0.702. The smallest absolute Gasteiger partial charge is 0.254 e. The van der Waals surface area contributed by atoms with Crippen LogP contribution in [-0.4, -0.2) is 52.9 Å². The van der Waals surface area contributed by atoms with Crippen molar-refractivity contribution >= 4 is 17.2 Å². The van der Waals surface area contributed by atoms with Gasteiger partial charge in [0.1, 0.15) is 0 Å². The van der Waals surface area contributed by atoms with Gasteiger partial charge >= 0.3 is 0 Å². The number of thiophene rings is 1. The first-order chi connectivity index (χ1) is 16.1. The molecule has 8 heteroatoms. The average Bonchev–Trinajstić information content (AvgIpc) is 3.40. The number of hydrogen-bond donors (Lipinski definition) is 0. The fourth-order valence-electron chi connectivity index (χ4n) is 4.29. The molecule has 0 aliphatic carbocycles. The van der Waals surface area contributed by atoms with Crippen molar-refractivity contribution in [2.24, 2.45) is 0 Å². The minimum atomic E-state index is -0.250. The van der Waals surface area contributed by atoms with Crippen molar-refractivity contribution in [3.8, 4) is 28.7 Å². The highest BCUT2D eigenvalue weighted by Gasteiger charge is 2.35. The second-order valence-electron chi connectivity index (χ2n) is 7.49. The van der Waals surface area contributed by atoms with Gasteiger partial charge in [0, 0.05) is 17.0 Å². The van der Waals surface area contributed by atoms with Crippen LogP contribution in [-0.2, 0) is 6.42 Å². The van der Waals surface area contributed by atoms with Gasteiger partial charge in [-0.3, -0.25) is 4.79 Å². The minimum Gasteiger partial charge on any atom is -0.493 e. The average molecular weight is 470 g/mol. The second-order valence-corrected chi connectivity index (χ2v) is 8.47. The lowest BCUT2D eigenvalue weighted by molar-refractivity contribution is 0.0696. The maximum Gasteiger partial charge on any atom is 0.254 e. The van der Waals surface area contributed by atoms with Crippen LogP contribution in [0.3, 0.4) is 0 Å². The molecule has 174 valence electrons. The molecule has 2 aromatic carbocycles. The maximum absolute atomic E-state index is 13.9. The third-order valence-corrected chi connectivity index (χ3v) is 6.78. The van der Waals surface area contributed by atoms with E-state index in [4.69, 9.17) is 23.7 Å². The van der Waals surface area contributed by atoms with Crippen LogP contribution in [0.15, 0.2) is 41.8 Å². The molecule has 3 aromatic rings. The van der Waals surface area contributed by atoms with Gasteiger partial charge in [-0.05, 0) is 53.3 Å². The van der Waals surface area contributed by atoms with Crippen molar-refractivity contribution in [3.05, 3.63) is 63.3 Å². The molecule has 1 aliphatic heterocycles. The van der Waals surface area contributed by atoms with Gasteiger partial charge in [-0.2, -0.15) is 0 Å². The SMILES string of the molecule is COc1cc2c(cc1OC)C(c1cccs1)N(C(=O)c1cc(OC)c(OC)c(OC)c1)CC2. The number of carbonyl (C=O) groups excluding carboxylic acids is 1. The largest absolute Gasteiger partial charge is 0.493 e. The zero-order chi connectivity index (χ0) is 23.5. The van der Waals surface area contributed by atoms with Crippen molar-refractivity contribution < 1.29 is 28.5 Å². The fraction of sp³-hybridized carbons (Fsp3) is 0.320. The Bertz CT molecular complexity index is 1120. The van der Waals surface area contributed by atoms with E-state index in [9.17, 15) is 4.79 Å². The van der Waals surface area contributed by atoms with Crippen LogP contribution in [0.25, 0.3) is 0 Å². The van der Waals surface area contributed by atoms with Gasteiger partial charge < -0.3 is 28.6 Å². The molecule has 7 nitrogen and oxygen atoms in total. The molecule has 0 N–H and O–H groups in total. The Morgan fingerprint density at radius 1 is 0.879 bits per heavy atom. The first-order valence-corrected chi connectivity index (χ1v) is 11.3. The predicted octanol–water partition coefficient (Wildman–Crippen LogP) is 4.58. The van der Waals surface area contributed by atoms with Crippen molar-refractivity contribution in [1.29, 1.82) is 0 Å². The zero-order valence-corrected chi connectivity index (χ0v) is 20.2. The molecule has 1 aromatic heterocycles. The van der Waals surface area contributed by atoms with Crippen LogP contribution in [0, 0.1) is 0 Å². The quantitative estimate of drug-likeness (QED) is 0.505. The van der Waals surface area contributed by atoms with Crippen LogP contribution in [0.2, 0.25) is 0 Å². The Labute approximate surface area is 197 Å². The monoisotopic (exact) mass is 469 g/mol. The third-order valence-electron chi connectivity index (χ3n) is 5.86. The molecule has 33 heavy (non-hydrogen) atoms. The molecular weight excluding hydrogens is 442 g/mol. The zero-order valence-electron chi connectivity index (χ0n) is 19.3. The number of benzene rings is 2. The number of hydrogen-bond acceptors (Lipinski definition) is 7. The Kier molecular flexibility index (Phi) is 6.65. The maximum atomic E-state index is 13.9. The summed E-state index contributed by atoms with van der Waals surface area (Å²) in [5.74, 6) is 2.54. The molecule has 1 aliphatic rings. The molecule has 0 bridgehead atoms. The van der Waals surface area contributed by atoms with Crippen LogP contribution >= 0.6 is 11.3 Å². The number of carbonyl (C=O) groups is 1. The Balaban J connectivity index is 1.82. The van der Waals surface area contributed by atoms with E-state index in [2.05, 4.69) is 6.07 Å². The number of ether oxygens (including phenoxy) is 5. The summed E-state index contributed by atoms with van der Waals surface area (Å²) in [6, 6.07) is 11.2. The van der Waals surface area contributed by atoms with E-state index in [1.54, 1.807) is 37.7 Å². The number of rotatable bonds is 7. The van der Waals surface area contributed by atoms with Crippen LogP contribution < -0.4 is 23.7 Å². The molecule has 0 spiro atoms. The van der Waals surface area contributed by atoms with Gasteiger partial charge in [-0.1, -0.05) is 6.07 Å². The lowest BCUT2D eigenvalue weighted by Crippen LogP contribution is -2.40. The summed E-state index contributed by atoms with van der Waals surface area (Å²) in [5, 5.41) is 2.02. The third kappa shape index (κ3) is 4.06. The Morgan fingerprint density at radius 3 is 2.06 bits per heavy atom. The van der Waals surface area contributed by atoms with Gasteiger partial charge in [-0.25, -0.2) is 0 Å². The van der Waals surface area contributed by atoms with Crippen molar-refractivity contribution in [2.75, 3.05) is 42.1 Å². The normalized spacial score (nSPS) is 14.9. The minimum absolute atomic E-state index is 0.118. The van der Waals surface area contributed by atoms with Crippen molar-refractivity contribution in [2.45, 2.75) is 12.5 Å². The van der Waals surface area contributed by atoms with E-state index in [1.807, 2.05) is 28.5 Å². The topological polar surface area (TPSA) is 66.5 Å². The lowest BCUT2D eigenvalue weighted by Gasteiger charge is -2.37. The molecule has 1 atom stereocenters. The number of nitrogens with zero attached hydrogens (tertiary/aromatic N) is 1. The van der Waals surface area contributed by atoms with Gasteiger partial charge in [0.05, 0.1) is 41.6 Å². The van der Waals surface area contributed by atoms with Gasteiger partial charge in [0.15, 0.2) is 23.0 Å². The van der Waals surface area contributed by atoms with Crippen molar-refractivity contribution in [3.63, 3.8) is 0 Å². The van der Waals surface area contributed by atoms with Gasteiger partial charge in [-0.15, -0.1) is 11.3 Å².